The standard InChI is InChI=1S/C16H12F3NS/c17-16(18,19)13-4-2-11(3-5-13)15-8-12-7-10(9-20)1-6-14(12)21-15/h1-8H,9,20H2. The van der Waals surface area contributed by atoms with Crippen LogP contribution in [0.2, 0.25) is 0 Å². The zero-order valence-corrected chi connectivity index (χ0v) is 11.8. The second-order valence-electron chi connectivity index (χ2n) is 4.76. The van der Waals surface area contributed by atoms with Gasteiger partial charge in [0.2, 0.25) is 0 Å². The molecule has 0 unspecified atom stereocenters. The van der Waals surface area contributed by atoms with Gasteiger partial charge in [-0.05, 0) is 46.8 Å². The van der Waals surface area contributed by atoms with Crippen molar-refractivity contribution in [3.05, 3.63) is 59.7 Å². The lowest BCUT2D eigenvalue weighted by atomic mass is 10.1. The van der Waals surface area contributed by atoms with Crippen LogP contribution in [0.3, 0.4) is 0 Å². The molecule has 5 heteroatoms. The lowest BCUT2D eigenvalue weighted by Gasteiger charge is -2.06. The number of benzene rings is 2. The Kier molecular flexibility index (Phi) is 3.47. The van der Waals surface area contributed by atoms with Gasteiger partial charge in [0.05, 0.1) is 5.56 Å². The van der Waals surface area contributed by atoms with Crippen LogP contribution >= 0.6 is 11.3 Å². The molecule has 3 aromatic rings. The van der Waals surface area contributed by atoms with E-state index in [4.69, 9.17) is 5.73 Å². The van der Waals surface area contributed by atoms with Crippen molar-refractivity contribution in [2.45, 2.75) is 12.7 Å². The first kappa shape index (κ1) is 14.1. The summed E-state index contributed by atoms with van der Waals surface area (Å²) in [5.41, 5.74) is 6.82. The SMILES string of the molecule is NCc1ccc2sc(-c3ccc(C(F)(F)F)cc3)cc2c1. The second kappa shape index (κ2) is 5.16. The van der Waals surface area contributed by atoms with E-state index in [1.54, 1.807) is 11.3 Å². The summed E-state index contributed by atoms with van der Waals surface area (Å²) >= 11 is 1.56. The second-order valence-corrected chi connectivity index (χ2v) is 5.85. The molecule has 3 rings (SSSR count). The fraction of sp³-hybridized carbons (Fsp3) is 0.125. The minimum atomic E-state index is -4.30. The molecule has 0 fully saturated rings. The number of alkyl halides is 3. The summed E-state index contributed by atoms with van der Waals surface area (Å²) in [6, 6.07) is 13.2. The van der Waals surface area contributed by atoms with Gasteiger partial charge in [0.15, 0.2) is 0 Å². The first-order valence-electron chi connectivity index (χ1n) is 6.37. The van der Waals surface area contributed by atoms with E-state index < -0.39 is 11.7 Å². The number of hydrogen-bond acceptors (Lipinski definition) is 2. The summed E-state index contributed by atoms with van der Waals surface area (Å²) in [7, 11) is 0. The van der Waals surface area contributed by atoms with Crippen LogP contribution in [0.5, 0.6) is 0 Å². The van der Waals surface area contributed by atoms with Gasteiger partial charge in [0.25, 0.3) is 0 Å². The molecule has 0 aliphatic heterocycles. The molecule has 108 valence electrons. The van der Waals surface area contributed by atoms with Crippen LogP contribution < -0.4 is 5.73 Å². The summed E-state index contributed by atoms with van der Waals surface area (Å²) in [6.45, 7) is 0.474. The summed E-state index contributed by atoms with van der Waals surface area (Å²) in [4.78, 5) is 0.952. The minimum Gasteiger partial charge on any atom is -0.326 e. The van der Waals surface area contributed by atoms with Gasteiger partial charge in [-0.15, -0.1) is 11.3 Å². The highest BCUT2D eigenvalue weighted by atomic mass is 32.1. The average molecular weight is 307 g/mol. The normalized spacial score (nSPS) is 12.0. The molecule has 1 nitrogen and oxygen atoms in total. The molecule has 0 aliphatic rings. The summed E-state index contributed by atoms with van der Waals surface area (Å²) in [5, 5.41) is 1.07. The zero-order valence-electron chi connectivity index (χ0n) is 10.9. The third kappa shape index (κ3) is 2.80. The first-order valence-corrected chi connectivity index (χ1v) is 7.19. The number of hydrogen-bond donors (Lipinski definition) is 1. The van der Waals surface area contributed by atoms with Crippen molar-refractivity contribution in [2.75, 3.05) is 0 Å². The van der Waals surface area contributed by atoms with Crippen LogP contribution in [0.1, 0.15) is 11.1 Å². The van der Waals surface area contributed by atoms with Crippen molar-refractivity contribution in [1.29, 1.82) is 0 Å². The Morgan fingerprint density at radius 2 is 1.67 bits per heavy atom. The predicted octanol–water partition coefficient (Wildman–Crippen LogP) is 5.05. The van der Waals surface area contributed by atoms with Gasteiger partial charge in [0.1, 0.15) is 0 Å². The van der Waals surface area contributed by atoms with Crippen molar-refractivity contribution in [3.63, 3.8) is 0 Å². The number of thiophene rings is 1. The minimum absolute atomic E-state index is 0.474. The zero-order chi connectivity index (χ0) is 15.0. The Bertz CT molecular complexity index is 772. The molecule has 2 aromatic carbocycles. The van der Waals surface area contributed by atoms with E-state index in [9.17, 15) is 13.2 Å². The Balaban J connectivity index is 2.00. The van der Waals surface area contributed by atoms with Crippen LogP contribution in [-0.2, 0) is 12.7 Å². The van der Waals surface area contributed by atoms with Gasteiger partial charge >= 0.3 is 6.18 Å². The van der Waals surface area contributed by atoms with Crippen LogP contribution in [0.4, 0.5) is 13.2 Å². The third-order valence-corrected chi connectivity index (χ3v) is 4.48. The molecule has 0 saturated heterocycles. The van der Waals surface area contributed by atoms with Gasteiger partial charge in [0, 0.05) is 16.1 Å². The molecule has 1 heterocycles. The Labute approximate surface area is 123 Å². The van der Waals surface area contributed by atoms with Gasteiger partial charge in [-0.2, -0.15) is 13.2 Å². The molecule has 0 spiro atoms. The van der Waals surface area contributed by atoms with Crippen molar-refractivity contribution >= 4 is 21.4 Å². The van der Waals surface area contributed by atoms with Gasteiger partial charge in [-0.25, -0.2) is 0 Å². The predicted molar refractivity (Wildman–Crippen MR) is 80.2 cm³/mol. The van der Waals surface area contributed by atoms with E-state index in [0.717, 1.165) is 38.2 Å². The molecule has 0 atom stereocenters. The lowest BCUT2D eigenvalue weighted by Crippen LogP contribution is -2.03. The monoisotopic (exact) mass is 307 g/mol. The van der Waals surface area contributed by atoms with E-state index in [2.05, 4.69) is 0 Å². The Morgan fingerprint density at radius 3 is 2.29 bits per heavy atom. The van der Waals surface area contributed by atoms with Crippen molar-refractivity contribution in [2.24, 2.45) is 5.73 Å². The van der Waals surface area contributed by atoms with E-state index in [-0.39, 0.29) is 0 Å². The van der Waals surface area contributed by atoms with E-state index in [1.165, 1.54) is 12.1 Å². The van der Waals surface area contributed by atoms with Crippen molar-refractivity contribution < 1.29 is 13.2 Å². The fourth-order valence-corrected chi connectivity index (χ4v) is 3.23. The summed E-state index contributed by atoms with van der Waals surface area (Å²) in [6.07, 6.45) is -4.30. The average Bonchev–Trinajstić information content (AvgIpc) is 2.89. The molecule has 21 heavy (non-hydrogen) atoms. The van der Waals surface area contributed by atoms with E-state index >= 15 is 0 Å². The Morgan fingerprint density at radius 1 is 0.952 bits per heavy atom. The molecule has 0 bridgehead atoms. The maximum Gasteiger partial charge on any atom is 0.416 e. The highest BCUT2D eigenvalue weighted by molar-refractivity contribution is 7.22. The number of fused-ring (bicyclic) bond motifs is 1. The molecular formula is C16H12F3NS. The van der Waals surface area contributed by atoms with Crippen molar-refractivity contribution in [3.8, 4) is 10.4 Å². The van der Waals surface area contributed by atoms with Crippen LogP contribution in [-0.4, -0.2) is 0 Å². The van der Waals surface area contributed by atoms with E-state index in [0.29, 0.717) is 6.54 Å². The first-order chi connectivity index (χ1) is 9.97. The summed E-state index contributed by atoms with van der Waals surface area (Å²) in [5.74, 6) is 0. The molecule has 0 amide bonds. The fourth-order valence-electron chi connectivity index (χ4n) is 2.19. The molecular weight excluding hydrogens is 295 g/mol. The molecule has 0 aliphatic carbocycles. The number of halogens is 3. The molecule has 0 saturated carbocycles. The quantitative estimate of drug-likeness (QED) is 0.704. The van der Waals surface area contributed by atoms with Gasteiger partial charge in [-0.3, -0.25) is 0 Å². The van der Waals surface area contributed by atoms with Gasteiger partial charge in [-0.1, -0.05) is 18.2 Å². The summed E-state index contributed by atoms with van der Waals surface area (Å²) < 4.78 is 38.8. The molecule has 0 radical (unpaired) electrons. The highest BCUT2D eigenvalue weighted by Crippen LogP contribution is 2.36. The maximum atomic E-state index is 12.6. The topological polar surface area (TPSA) is 26.0 Å². The van der Waals surface area contributed by atoms with Crippen LogP contribution in [0, 0.1) is 0 Å². The van der Waals surface area contributed by atoms with E-state index in [1.807, 2.05) is 24.3 Å². The molecule has 2 N–H and O–H groups in total. The Hall–Kier alpha value is -1.85. The van der Waals surface area contributed by atoms with Crippen molar-refractivity contribution in [1.82, 2.24) is 0 Å². The smallest absolute Gasteiger partial charge is 0.326 e. The molecule has 1 aromatic heterocycles. The van der Waals surface area contributed by atoms with Crippen LogP contribution in [0.15, 0.2) is 48.5 Å². The van der Waals surface area contributed by atoms with Crippen LogP contribution in [0.25, 0.3) is 20.5 Å². The third-order valence-electron chi connectivity index (χ3n) is 3.31. The largest absolute Gasteiger partial charge is 0.416 e. The van der Waals surface area contributed by atoms with Gasteiger partial charge < -0.3 is 5.73 Å². The number of rotatable bonds is 2. The highest BCUT2D eigenvalue weighted by Gasteiger charge is 2.30. The maximum absolute atomic E-state index is 12.6. The number of nitrogens with two attached hydrogens (primary N) is 1. The lowest BCUT2D eigenvalue weighted by molar-refractivity contribution is -0.137.